The number of hydrogen-bond acceptors (Lipinski definition) is 5. The van der Waals surface area contributed by atoms with E-state index in [0.717, 1.165) is 27.9 Å². The molecule has 0 atom stereocenters. The number of hydrogen-bond donors (Lipinski definition) is 0. The highest BCUT2D eigenvalue weighted by atomic mass is 32.2. The van der Waals surface area contributed by atoms with E-state index in [9.17, 15) is 0 Å². The molecule has 2 aromatic carbocycles. The number of aromatic nitrogens is 3. The van der Waals surface area contributed by atoms with E-state index in [0.29, 0.717) is 12.4 Å². The quantitative estimate of drug-likeness (QED) is 0.731. The molecule has 1 aromatic heterocycles. The van der Waals surface area contributed by atoms with Crippen LogP contribution in [-0.2, 0) is 6.61 Å². The van der Waals surface area contributed by atoms with E-state index in [-0.39, 0.29) is 0 Å². The fourth-order valence-electron chi connectivity index (χ4n) is 2.41. The van der Waals surface area contributed by atoms with Crippen molar-refractivity contribution >= 4 is 17.5 Å². The van der Waals surface area contributed by atoms with Crippen molar-refractivity contribution in [2.45, 2.75) is 18.7 Å². The number of aryl methyl sites for hydroxylation is 1. The van der Waals surface area contributed by atoms with Gasteiger partial charge in [0.1, 0.15) is 12.4 Å². The first-order valence-corrected chi connectivity index (χ1v) is 8.68. The van der Waals surface area contributed by atoms with Crippen molar-refractivity contribution in [3.63, 3.8) is 0 Å². The third-order valence-corrected chi connectivity index (χ3v) is 4.66. The molecule has 3 aromatic rings. The van der Waals surface area contributed by atoms with Gasteiger partial charge in [0.15, 0.2) is 5.82 Å². The number of rotatable bonds is 4. The van der Waals surface area contributed by atoms with Crippen LogP contribution in [0.15, 0.2) is 64.9 Å². The normalized spacial score (nSPS) is 13.3. The summed E-state index contributed by atoms with van der Waals surface area (Å²) in [5.74, 6) is 2.30. The minimum absolute atomic E-state index is 0.336. The van der Waals surface area contributed by atoms with Crippen LogP contribution in [0.3, 0.4) is 0 Å². The highest BCUT2D eigenvalue weighted by Gasteiger charge is 2.20. The van der Waals surface area contributed by atoms with Gasteiger partial charge in [0.05, 0.1) is 5.71 Å². The summed E-state index contributed by atoms with van der Waals surface area (Å²) in [6.07, 6.45) is 0. The smallest absolute Gasteiger partial charge is 0.212 e. The second-order valence-corrected chi connectivity index (χ2v) is 6.46. The van der Waals surface area contributed by atoms with Crippen molar-refractivity contribution in [2.75, 3.05) is 5.75 Å². The number of para-hydroxylation sites is 1. The molecule has 0 bridgehead atoms. The van der Waals surface area contributed by atoms with E-state index in [1.165, 1.54) is 5.56 Å². The van der Waals surface area contributed by atoms with E-state index < -0.39 is 0 Å². The molecule has 0 N–H and O–H groups in total. The zero-order valence-corrected chi connectivity index (χ0v) is 14.0. The number of benzene rings is 2. The van der Waals surface area contributed by atoms with Crippen molar-refractivity contribution in [2.24, 2.45) is 5.10 Å². The Morgan fingerprint density at radius 3 is 2.62 bits per heavy atom. The highest BCUT2D eigenvalue weighted by molar-refractivity contribution is 7.99. The van der Waals surface area contributed by atoms with Crippen LogP contribution < -0.4 is 4.74 Å². The number of ether oxygens (including phenoxy) is 1. The van der Waals surface area contributed by atoms with Crippen LogP contribution in [0.1, 0.15) is 17.0 Å². The topological polar surface area (TPSA) is 52.3 Å². The van der Waals surface area contributed by atoms with Crippen LogP contribution in [0.4, 0.5) is 0 Å². The van der Waals surface area contributed by atoms with Crippen molar-refractivity contribution in [3.05, 3.63) is 71.5 Å². The molecule has 0 fully saturated rings. The van der Waals surface area contributed by atoms with Gasteiger partial charge in [0.2, 0.25) is 5.16 Å². The van der Waals surface area contributed by atoms with Gasteiger partial charge in [-0.05, 0) is 24.6 Å². The molecule has 0 unspecified atom stereocenters. The summed E-state index contributed by atoms with van der Waals surface area (Å²) in [5.41, 5.74) is 3.39. The monoisotopic (exact) mass is 336 g/mol. The highest BCUT2D eigenvalue weighted by Crippen LogP contribution is 2.24. The van der Waals surface area contributed by atoms with Crippen molar-refractivity contribution in [1.29, 1.82) is 0 Å². The first-order valence-electron chi connectivity index (χ1n) is 7.69. The van der Waals surface area contributed by atoms with Crippen LogP contribution in [-0.4, -0.2) is 26.3 Å². The third kappa shape index (κ3) is 3.05. The van der Waals surface area contributed by atoms with E-state index in [2.05, 4.69) is 41.4 Å². The Labute approximate surface area is 144 Å². The van der Waals surface area contributed by atoms with Gasteiger partial charge in [-0.15, -0.1) is 10.2 Å². The molecule has 0 aliphatic carbocycles. The minimum atomic E-state index is 0.336. The lowest BCUT2D eigenvalue weighted by atomic mass is 10.1. The molecule has 2 heterocycles. The second-order valence-electron chi connectivity index (χ2n) is 5.51. The van der Waals surface area contributed by atoms with Crippen molar-refractivity contribution < 1.29 is 4.74 Å². The summed E-state index contributed by atoms with van der Waals surface area (Å²) in [4.78, 5) is 0. The van der Waals surface area contributed by atoms with Gasteiger partial charge in [-0.25, -0.2) is 0 Å². The van der Waals surface area contributed by atoms with Gasteiger partial charge >= 0.3 is 0 Å². The lowest BCUT2D eigenvalue weighted by molar-refractivity contribution is 0.290. The van der Waals surface area contributed by atoms with Crippen molar-refractivity contribution in [1.82, 2.24) is 14.9 Å². The van der Waals surface area contributed by atoms with Gasteiger partial charge in [0, 0.05) is 5.75 Å². The van der Waals surface area contributed by atoms with Gasteiger partial charge in [-0.1, -0.05) is 59.8 Å². The summed E-state index contributed by atoms with van der Waals surface area (Å²) in [6.45, 7) is 2.42. The Bertz CT molecular complexity index is 872. The van der Waals surface area contributed by atoms with Crippen LogP contribution >= 0.6 is 11.8 Å². The molecule has 120 valence electrons. The van der Waals surface area contributed by atoms with Crippen LogP contribution in [0.2, 0.25) is 0 Å². The fourth-order valence-corrected chi connectivity index (χ4v) is 3.27. The predicted molar refractivity (Wildman–Crippen MR) is 94.6 cm³/mol. The Kier molecular flexibility index (Phi) is 4.04. The Morgan fingerprint density at radius 1 is 1.04 bits per heavy atom. The molecule has 24 heavy (non-hydrogen) atoms. The zero-order valence-electron chi connectivity index (χ0n) is 13.2. The Balaban J connectivity index is 1.58. The average molecular weight is 336 g/mol. The maximum absolute atomic E-state index is 5.77. The number of nitrogens with zero attached hydrogens (tertiary/aromatic N) is 4. The maximum atomic E-state index is 5.77. The van der Waals surface area contributed by atoms with Crippen molar-refractivity contribution in [3.8, 4) is 5.75 Å². The van der Waals surface area contributed by atoms with Gasteiger partial charge < -0.3 is 4.74 Å². The molecular weight excluding hydrogens is 320 g/mol. The molecule has 0 radical (unpaired) electrons. The van der Waals surface area contributed by atoms with Crippen LogP contribution in [0.5, 0.6) is 5.75 Å². The van der Waals surface area contributed by atoms with E-state index >= 15 is 0 Å². The maximum Gasteiger partial charge on any atom is 0.212 e. The van der Waals surface area contributed by atoms with E-state index in [4.69, 9.17) is 9.84 Å². The Morgan fingerprint density at radius 2 is 1.83 bits per heavy atom. The van der Waals surface area contributed by atoms with Crippen LogP contribution in [0.25, 0.3) is 0 Å². The first kappa shape index (κ1) is 15.0. The first-order chi connectivity index (χ1) is 11.8. The molecule has 1 aliphatic rings. The molecule has 0 saturated heterocycles. The molecule has 5 nitrogen and oxygen atoms in total. The SMILES string of the molecule is Cc1ccc(C2=Nn3c(COc4ccccc4)nnc3SC2)cc1. The zero-order chi connectivity index (χ0) is 16.4. The summed E-state index contributed by atoms with van der Waals surface area (Å²) < 4.78 is 7.56. The average Bonchev–Trinajstić information content (AvgIpc) is 3.04. The molecule has 6 heteroatoms. The molecule has 0 amide bonds. The van der Waals surface area contributed by atoms with Crippen LogP contribution in [0, 0.1) is 6.92 Å². The van der Waals surface area contributed by atoms with Gasteiger partial charge in [-0.2, -0.15) is 9.78 Å². The van der Waals surface area contributed by atoms with Gasteiger partial charge in [-0.3, -0.25) is 0 Å². The fraction of sp³-hybridized carbons (Fsp3) is 0.167. The summed E-state index contributed by atoms with van der Waals surface area (Å²) >= 11 is 1.64. The lowest BCUT2D eigenvalue weighted by Gasteiger charge is -2.14. The van der Waals surface area contributed by atoms with E-state index in [1.54, 1.807) is 16.4 Å². The lowest BCUT2D eigenvalue weighted by Crippen LogP contribution is -2.15. The molecule has 0 saturated carbocycles. The minimum Gasteiger partial charge on any atom is -0.486 e. The molecular formula is C18H16N4OS. The number of thioether (sulfide) groups is 1. The molecule has 4 rings (SSSR count). The van der Waals surface area contributed by atoms with Gasteiger partial charge in [0.25, 0.3) is 0 Å². The predicted octanol–water partition coefficient (Wildman–Crippen LogP) is 3.52. The number of fused-ring (bicyclic) bond motifs is 1. The summed E-state index contributed by atoms with van der Waals surface area (Å²) in [6, 6.07) is 18.1. The summed E-state index contributed by atoms with van der Waals surface area (Å²) in [7, 11) is 0. The molecule has 1 aliphatic heterocycles. The standard InChI is InChI=1S/C18H16N4OS/c1-13-7-9-14(10-8-13)16-12-24-18-20-19-17(22(18)21-16)11-23-15-5-3-2-4-6-15/h2-10H,11-12H2,1H3. The van der Waals surface area contributed by atoms with E-state index in [1.807, 2.05) is 30.3 Å². The summed E-state index contributed by atoms with van der Waals surface area (Å²) in [5, 5.41) is 13.9. The second kappa shape index (κ2) is 6.49. The third-order valence-electron chi connectivity index (χ3n) is 3.73. The largest absolute Gasteiger partial charge is 0.486 e. The Hall–Kier alpha value is -2.60. The molecule has 0 spiro atoms.